The van der Waals surface area contributed by atoms with Gasteiger partial charge >= 0.3 is 5.97 Å². The van der Waals surface area contributed by atoms with Gasteiger partial charge in [-0.1, -0.05) is 35.9 Å². The summed E-state index contributed by atoms with van der Waals surface area (Å²) in [4.78, 5) is 31.3. The highest BCUT2D eigenvalue weighted by Gasteiger charge is 2.59. The monoisotopic (exact) mass is 528 g/mol. The van der Waals surface area contributed by atoms with E-state index in [9.17, 15) is 9.59 Å². The van der Waals surface area contributed by atoms with Crippen LogP contribution < -0.4 is 14.8 Å². The molecule has 8 heteroatoms. The van der Waals surface area contributed by atoms with Crippen LogP contribution in [0.4, 0.5) is 17.1 Å². The number of hydrazone groups is 1. The standard InChI is InChI=1S/C30H29ClN4O3/c1-3-38-28(36)21-11-13-24(14-12-21)35-29(37)30(20(2)32-35)18-22-7-4-5-10-26(22)34-16-15-33(19-27(30)34)25-9-6-8-23(31)17-25/h4-14,17,27H,3,15-16,18-19H2,1-2H3/t27-,30-/m1/s1. The lowest BCUT2D eigenvalue weighted by molar-refractivity contribution is -0.125. The highest BCUT2D eigenvalue weighted by atomic mass is 35.5. The number of anilines is 3. The molecule has 0 aromatic heterocycles. The van der Waals surface area contributed by atoms with E-state index in [1.54, 1.807) is 31.2 Å². The molecule has 2 atom stereocenters. The number of amides is 1. The van der Waals surface area contributed by atoms with E-state index in [1.807, 2.05) is 31.2 Å². The van der Waals surface area contributed by atoms with Crippen molar-refractivity contribution in [2.45, 2.75) is 26.3 Å². The number of halogens is 1. The van der Waals surface area contributed by atoms with Crippen LogP contribution in [0, 0.1) is 5.41 Å². The number of hydrogen-bond acceptors (Lipinski definition) is 6. The molecule has 38 heavy (non-hydrogen) atoms. The molecule has 6 rings (SSSR count). The Bertz CT molecular complexity index is 1440. The van der Waals surface area contributed by atoms with Crippen molar-refractivity contribution in [3.63, 3.8) is 0 Å². The number of nitrogens with zero attached hydrogens (tertiary/aromatic N) is 4. The zero-order chi connectivity index (χ0) is 26.4. The van der Waals surface area contributed by atoms with E-state index in [4.69, 9.17) is 21.4 Å². The van der Waals surface area contributed by atoms with E-state index in [1.165, 1.54) is 10.7 Å². The molecule has 1 fully saturated rings. The molecule has 3 aliphatic heterocycles. The van der Waals surface area contributed by atoms with Gasteiger partial charge in [0.2, 0.25) is 0 Å². The number of carbonyl (C=O) groups is 2. The van der Waals surface area contributed by atoms with Crippen molar-refractivity contribution in [3.8, 4) is 0 Å². The third kappa shape index (κ3) is 3.84. The van der Waals surface area contributed by atoms with Gasteiger partial charge in [0.25, 0.3) is 5.91 Å². The molecule has 1 saturated heterocycles. The van der Waals surface area contributed by atoms with Crippen LogP contribution >= 0.6 is 11.6 Å². The highest BCUT2D eigenvalue weighted by Crippen LogP contribution is 2.48. The second-order valence-electron chi connectivity index (χ2n) is 9.98. The predicted molar refractivity (Wildman–Crippen MR) is 150 cm³/mol. The minimum absolute atomic E-state index is 0.0451. The van der Waals surface area contributed by atoms with Gasteiger partial charge < -0.3 is 14.5 Å². The second kappa shape index (κ2) is 9.48. The number of rotatable bonds is 4. The summed E-state index contributed by atoms with van der Waals surface area (Å²) in [5.41, 5.74) is 4.46. The fraction of sp³-hybridized carbons (Fsp3) is 0.300. The molecule has 7 nitrogen and oxygen atoms in total. The maximum Gasteiger partial charge on any atom is 0.338 e. The minimum atomic E-state index is -0.814. The van der Waals surface area contributed by atoms with Gasteiger partial charge in [0.15, 0.2) is 0 Å². The molecule has 3 heterocycles. The smallest absolute Gasteiger partial charge is 0.338 e. The van der Waals surface area contributed by atoms with Crippen LogP contribution in [-0.2, 0) is 16.0 Å². The molecular weight excluding hydrogens is 500 g/mol. The topological polar surface area (TPSA) is 65.5 Å². The number of esters is 1. The Morgan fingerprint density at radius 2 is 1.84 bits per heavy atom. The zero-order valence-corrected chi connectivity index (χ0v) is 22.2. The normalized spacial score (nSPS) is 22.3. The summed E-state index contributed by atoms with van der Waals surface area (Å²) in [6.45, 7) is 6.33. The van der Waals surface area contributed by atoms with E-state index in [0.717, 1.165) is 30.1 Å². The van der Waals surface area contributed by atoms with E-state index in [-0.39, 0.29) is 17.9 Å². The Balaban J connectivity index is 1.38. The van der Waals surface area contributed by atoms with Crippen molar-refractivity contribution in [2.24, 2.45) is 10.5 Å². The fourth-order valence-corrected chi connectivity index (χ4v) is 6.29. The number of ether oxygens (including phenoxy) is 1. The van der Waals surface area contributed by atoms with Crippen molar-refractivity contribution in [1.82, 2.24) is 0 Å². The highest BCUT2D eigenvalue weighted by molar-refractivity contribution is 6.30. The molecule has 1 amide bonds. The van der Waals surface area contributed by atoms with Gasteiger partial charge in [-0.25, -0.2) is 4.79 Å². The minimum Gasteiger partial charge on any atom is -0.462 e. The number of benzene rings is 3. The molecule has 1 spiro atoms. The summed E-state index contributed by atoms with van der Waals surface area (Å²) < 4.78 is 5.10. The van der Waals surface area contributed by atoms with Crippen LogP contribution in [-0.4, -0.2) is 49.9 Å². The van der Waals surface area contributed by atoms with E-state index in [0.29, 0.717) is 35.8 Å². The Hall–Kier alpha value is -3.84. The second-order valence-corrected chi connectivity index (χ2v) is 10.4. The molecular formula is C30H29ClN4O3. The molecule has 3 aromatic carbocycles. The van der Waals surface area contributed by atoms with Crippen LogP contribution in [0.3, 0.4) is 0 Å². The van der Waals surface area contributed by atoms with Crippen molar-refractivity contribution >= 4 is 46.3 Å². The van der Waals surface area contributed by atoms with Gasteiger partial charge in [-0.3, -0.25) is 4.79 Å². The quantitative estimate of drug-likeness (QED) is 0.437. The molecule has 0 N–H and O–H groups in total. The third-order valence-electron chi connectivity index (χ3n) is 7.99. The number of fused-ring (bicyclic) bond motifs is 4. The Morgan fingerprint density at radius 3 is 2.61 bits per heavy atom. The summed E-state index contributed by atoms with van der Waals surface area (Å²) in [6.07, 6.45) is 0.583. The molecule has 0 bridgehead atoms. The van der Waals surface area contributed by atoms with Gasteiger partial charge in [-0.05, 0) is 74.4 Å². The summed E-state index contributed by atoms with van der Waals surface area (Å²) in [6, 6.07) is 23.0. The lowest BCUT2D eigenvalue weighted by Gasteiger charge is -2.53. The SMILES string of the molecule is CCOC(=O)c1ccc(N2N=C(C)[C@@]3(Cc4ccccc4N4CCN(c5cccc(Cl)c5)C[C@@H]43)C2=O)cc1. The first-order chi connectivity index (χ1) is 18.4. The molecule has 0 aliphatic carbocycles. The Labute approximate surface area is 227 Å². The van der Waals surface area contributed by atoms with Gasteiger partial charge in [-0.15, -0.1) is 0 Å². The maximum atomic E-state index is 14.4. The molecule has 0 unspecified atom stereocenters. The van der Waals surface area contributed by atoms with Crippen LogP contribution in [0.25, 0.3) is 0 Å². The lowest BCUT2D eigenvalue weighted by Crippen LogP contribution is -2.67. The predicted octanol–water partition coefficient (Wildman–Crippen LogP) is 5.18. The van der Waals surface area contributed by atoms with Crippen molar-refractivity contribution in [3.05, 3.63) is 88.9 Å². The molecule has 0 saturated carbocycles. The van der Waals surface area contributed by atoms with Gasteiger partial charge in [0, 0.05) is 36.0 Å². The zero-order valence-electron chi connectivity index (χ0n) is 21.4. The maximum absolute atomic E-state index is 14.4. The van der Waals surface area contributed by atoms with Crippen LogP contribution in [0.15, 0.2) is 77.9 Å². The van der Waals surface area contributed by atoms with Gasteiger partial charge in [0.05, 0.1) is 29.6 Å². The van der Waals surface area contributed by atoms with Crippen LogP contribution in [0.5, 0.6) is 0 Å². The first kappa shape index (κ1) is 24.5. The van der Waals surface area contributed by atoms with Crippen molar-refractivity contribution in [1.29, 1.82) is 0 Å². The fourth-order valence-electron chi connectivity index (χ4n) is 6.10. The summed E-state index contributed by atoms with van der Waals surface area (Å²) in [7, 11) is 0. The van der Waals surface area contributed by atoms with Crippen LogP contribution in [0.1, 0.15) is 29.8 Å². The van der Waals surface area contributed by atoms with Crippen molar-refractivity contribution in [2.75, 3.05) is 41.0 Å². The first-order valence-corrected chi connectivity index (χ1v) is 13.3. The first-order valence-electron chi connectivity index (χ1n) is 12.9. The molecule has 194 valence electrons. The molecule has 3 aromatic rings. The lowest BCUT2D eigenvalue weighted by atomic mass is 9.67. The third-order valence-corrected chi connectivity index (χ3v) is 8.22. The van der Waals surface area contributed by atoms with Gasteiger partial charge in [-0.2, -0.15) is 10.1 Å². The van der Waals surface area contributed by atoms with E-state index < -0.39 is 5.41 Å². The summed E-state index contributed by atoms with van der Waals surface area (Å²) in [5, 5.41) is 7.03. The number of piperazine rings is 1. The summed E-state index contributed by atoms with van der Waals surface area (Å²) in [5.74, 6) is -0.429. The largest absolute Gasteiger partial charge is 0.462 e. The van der Waals surface area contributed by atoms with Crippen molar-refractivity contribution < 1.29 is 14.3 Å². The number of para-hydroxylation sites is 1. The average molecular weight is 529 g/mol. The number of carbonyl (C=O) groups excluding carboxylic acids is 2. The Morgan fingerprint density at radius 1 is 1.05 bits per heavy atom. The Kier molecular flexibility index (Phi) is 6.11. The average Bonchev–Trinajstić information content (AvgIpc) is 3.18. The summed E-state index contributed by atoms with van der Waals surface area (Å²) >= 11 is 6.32. The van der Waals surface area contributed by atoms with E-state index >= 15 is 0 Å². The molecule has 0 radical (unpaired) electrons. The van der Waals surface area contributed by atoms with Gasteiger partial charge in [0.1, 0.15) is 5.41 Å². The van der Waals surface area contributed by atoms with E-state index in [2.05, 4.69) is 34.1 Å². The molecule has 3 aliphatic rings. The van der Waals surface area contributed by atoms with Crippen LogP contribution in [0.2, 0.25) is 5.02 Å². The number of hydrogen-bond donors (Lipinski definition) is 0.